The molecule has 6 heteroatoms. The summed E-state index contributed by atoms with van der Waals surface area (Å²) in [6.07, 6.45) is -0.507. The van der Waals surface area contributed by atoms with Gasteiger partial charge in [-0.1, -0.05) is 17.7 Å². The summed E-state index contributed by atoms with van der Waals surface area (Å²) in [6.45, 7) is 4.69. The third-order valence-electron chi connectivity index (χ3n) is 3.35. The van der Waals surface area contributed by atoms with E-state index in [0.717, 1.165) is 5.75 Å². The van der Waals surface area contributed by atoms with Crippen molar-refractivity contribution in [3.63, 3.8) is 0 Å². The van der Waals surface area contributed by atoms with Crippen LogP contribution in [-0.2, 0) is 4.74 Å². The number of nitrogens with one attached hydrogen (secondary N) is 2. The van der Waals surface area contributed by atoms with Crippen molar-refractivity contribution in [1.82, 2.24) is 5.32 Å². The van der Waals surface area contributed by atoms with E-state index in [9.17, 15) is 9.59 Å². The van der Waals surface area contributed by atoms with Gasteiger partial charge in [0, 0.05) is 28.4 Å². The molecule has 0 heterocycles. The maximum absolute atomic E-state index is 12.1. The highest BCUT2D eigenvalue weighted by molar-refractivity contribution is 7.99. The van der Waals surface area contributed by atoms with Crippen LogP contribution in [0.25, 0.3) is 0 Å². The molecular formula is C19H22N2O3S. The maximum atomic E-state index is 12.1. The number of thioether (sulfide) groups is 1. The molecule has 25 heavy (non-hydrogen) atoms. The van der Waals surface area contributed by atoms with E-state index >= 15 is 0 Å². The van der Waals surface area contributed by atoms with Crippen LogP contribution in [0.2, 0.25) is 0 Å². The van der Waals surface area contributed by atoms with Crippen molar-refractivity contribution in [2.45, 2.75) is 18.7 Å². The van der Waals surface area contributed by atoms with Crippen molar-refractivity contribution < 1.29 is 14.3 Å². The topological polar surface area (TPSA) is 67.4 Å². The molecule has 2 N–H and O–H groups in total. The number of benzene rings is 2. The Labute approximate surface area is 152 Å². The van der Waals surface area contributed by atoms with E-state index in [2.05, 4.69) is 41.8 Å². The highest BCUT2D eigenvalue weighted by Gasteiger charge is 2.06. The summed E-state index contributed by atoms with van der Waals surface area (Å²) in [5.41, 5.74) is 2.37. The summed E-state index contributed by atoms with van der Waals surface area (Å²) in [5, 5.41) is 5.48. The van der Waals surface area contributed by atoms with Gasteiger partial charge in [-0.15, -0.1) is 11.8 Å². The minimum absolute atomic E-state index is 0.132. The quantitative estimate of drug-likeness (QED) is 0.578. The average molecular weight is 358 g/mol. The van der Waals surface area contributed by atoms with Gasteiger partial charge in [0.25, 0.3) is 5.91 Å². The van der Waals surface area contributed by atoms with Crippen LogP contribution in [0.3, 0.4) is 0 Å². The van der Waals surface area contributed by atoms with Gasteiger partial charge in [-0.05, 0) is 50.2 Å². The maximum Gasteiger partial charge on any atom is 0.411 e. The van der Waals surface area contributed by atoms with E-state index in [1.807, 2.05) is 0 Å². The lowest BCUT2D eigenvalue weighted by Crippen LogP contribution is -2.25. The monoisotopic (exact) mass is 358 g/mol. The van der Waals surface area contributed by atoms with Crippen molar-refractivity contribution in [3.05, 3.63) is 59.7 Å². The molecule has 0 atom stereocenters. The van der Waals surface area contributed by atoms with E-state index in [4.69, 9.17) is 4.74 Å². The summed E-state index contributed by atoms with van der Waals surface area (Å²) >= 11 is 1.70. The fourth-order valence-corrected chi connectivity index (χ4v) is 2.83. The molecule has 132 valence electrons. The summed E-state index contributed by atoms with van der Waals surface area (Å²) < 4.78 is 4.80. The SMILES string of the molecule is CCOC(=O)Nc1ccc(C(=O)NCCSc2ccc(C)cc2)cc1. The van der Waals surface area contributed by atoms with Gasteiger partial charge in [-0.2, -0.15) is 0 Å². The molecule has 2 aromatic rings. The standard InChI is InChI=1S/C19H22N2O3S/c1-3-24-19(23)21-16-8-6-15(7-9-16)18(22)20-12-13-25-17-10-4-14(2)5-11-17/h4-11H,3,12-13H2,1-2H3,(H,20,22)(H,21,23). The fraction of sp³-hybridized carbons (Fsp3) is 0.263. The first-order valence-electron chi connectivity index (χ1n) is 8.10. The molecule has 0 aromatic heterocycles. The first kappa shape index (κ1) is 18.9. The van der Waals surface area contributed by atoms with Crippen LogP contribution in [0, 0.1) is 6.92 Å². The van der Waals surface area contributed by atoms with E-state index in [0.29, 0.717) is 24.4 Å². The lowest BCUT2D eigenvalue weighted by atomic mass is 10.2. The predicted molar refractivity (Wildman–Crippen MR) is 101 cm³/mol. The van der Waals surface area contributed by atoms with Crippen LogP contribution in [-0.4, -0.2) is 30.9 Å². The molecule has 2 aromatic carbocycles. The minimum atomic E-state index is -0.507. The number of anilines is 1. The number of ether oxygens (including phenoxy) is 1. The predicted octanol–water partition coefficient (Wildman–Crippen LogP) is 4.09. The highest BCUT2D eigenvalue weighted by atomic mass is 32.2. The summed E-state index contributed by atoms with van der Waals surface area (Å²) in [4.78, 5) is 24.6. The summed E-state index contributed by atoms with van der Waals surface area (Å²) in [5.74, 6) is 0.671. The molecule has 0 aliphatic carbocycles. The second kappa shape index (κ2) is 9.74. The van der Waals surface area contributed by atoms with Crippen LogP contribution in [0.15, 0.2) is 53.4 Å². The Bertz CT molecular complexity index is 700. The van der Waals surface area contributed by atoms with Crippen molar-refractivity contribution >= 4 is 29.4 Å². The Morgan fingerprint density at radius 3 is 2.36 bits per heavy atom. The Morgan fingerprint density at radius 2 is 1.72 bits per heavy atom. The van der Waals surface area contributed by atoms with Gasteiger partial charge in [0.15, 0.2) is 0 Å². The number of hydrogen-bond donors (Lipinski definition) is 2. The van der Waals surface area contributed by atoms with Crippen molar-refractivity contribution in [2.24, 2.45) is 0 Å². The van der Waals surface area contributed by atoms with Crippen LogP contribution < -0.4 is 10.6 Å². The Kier molecular flexibility index (Phi) is 7.35. The van der Waals surface area contributed by atoms with E-state index in [-0.39, 0.29) is 5.91 Å². The van der Waals surface area contributed by atoms with Crippen LogP contribution >= 0.6 is 11.8 Å². The van der Waals surface area contributed by atoms with Gasteiger partial charge >= 0.3 is 6.09 Å². The van der Waals surface area contributed by atoms with E-state index in [1.165, 1.54) is 10.5 Å². The molecule has 5 nitrogen and oxygen atoms in total. The molecule has 0 bridgehead atoms. The second-order valence-corrected chi connectivity index (χ2v) is 6.51. The first-order chi connectivity index (χ1) is 12.1. The van der Waals surface area contributed by atoms with Crippen LogP contribution in [0.4, 0.5) is 10.5 Å². The van der Waals surface area contributed by atoms with E-state index in [1.54, 1.807) is 43.0 Å². The Balaban J connectivity index is 1.74. The third-order valence-corrected chi connectivity index (χ3v) is 4.36. The van der Waals surface area contributed by atoms with Crippen molar-refractivity contribution in [1.29, 1.82) is 0 Å². The van der Waals surface area contributed by atoms with Gasteiger partial charge < -0.3 is 10.1 Å². The highest BCUT2D eigenvalue weighted by Crippen LogP contribution is 2.17. The number of carbonyl (C=O) groups excluding carboxylic acids is 2. The van der Waals surface area contributed by atoms with Crippen LogP contribution in [0.5, 0.6) is 0 Å². The molecule has 0 saturated carbocycles. The number of hydrogen-bond acceptors (Lipinski definition) is 4. The average Bonchev–Trinajstić information content (AvgIpc) is 2.61. The molecule has 0 saturated heterocycles. The Hall–Kier alpha value is -2.47. The molecule has 0 spiro atoms. The summed E-state index contributed by atoms with van der Waals surface area (Å²) in [7, 11) is 0. The molecule has 0 radical (unpaired) electrons. The smallest absolute Gasteiger partial charge is 0.411 e. The molecule has 0 unspecified atom stereocenters. The normalized spacial score (nSPS) is 10.2. The molecule has 0 aliphatic heterocycles. The lowest BCUT2D eigenvalue weighted by Gasteiger charge is -2.08. The van der Waals surface area contributed by atoms with Gasteiger partial charge in [0.2, 0.25) is 0 Å². The van der Waals surface area contributed by atoms with Crippen molar-refractivity contribution in [2.75, 3.05) is 24.2 Å². The van der Waals surface area contributed by atoms with Gasteiger partial charge in [0.1, 0.15) is 0 Å². The molecule has 0 aliphatic rings. The summed E-state index contributed by atoms with van der Waals surface area (Å²) in [6, 6.07) is 15.0. The van der Waals surface area contributed by atoms with Gasteiger partial charge in [-0.3, -0.25) is 10.1 Å². The van der Waals surface area contributed by atoms with Crippen molar-refractivity contribution in [3.8, 4) is 0 Å². The zero-order valence-corrected chi connectivity index (χ0v) is 15.2. The largest absolute Gasteiger partial charge is 0.450 e. The first-order valence-corrected chi connectivity index (χ1v) is 9.08. The molecule has 0 fully saturated rings. The number of rotatable bonds is 7. The Morgan fingerprint density at radius 1 is 1.04 bits per heavy atom. The zero-order valence-electron chi connectivity index (χ0n) is 14.4. The zero-order chi connectivity index (χ0) is 18.1. The molecule has 2 amide bonds. The van der Waals surface area contributed by atoms with Crippen LogP contribution in [0.1, 0.15) is 22.8 Å². The number of amides is 2. The van der Waals surface area contributed by atoms with Gasteiger partial charge in [0.05, 0.1) is 6.61 Å². The minimum Gasteiger partial charge on any atom is -0.450 e. The fourth-order valence-electron chi connectivity index (χ4n) is 2.06. The second-order valence-electron chi connectivity index (χ2n) is 5.34. The lowest BCUT2D eigenvalue weighted by molar-refractivity contribution is 0.0956. The van der Waals surface area contributed by atoms with E-state index < -0.39 is 6.09 Å². The number of aryl methyl sites for hydroxylation is 1. The van der Waals surface area contributed by atoms with Gasteiger partial charge in [-0.25, -0.2) is 4.79 Å². The molecule has 2 rings (SSSR count). The molecular weight excluding hydrogens is 336 g/mol. The third kappa shape index (κ3) is 6.51. The number of carbonyl (C=O) groups is 2.